The summed E-state index contributed by atoms with van der Waals surface area (Å²) in [5.74, 6) is 0.611. The van der Waals surface area contributed by atoms with Gasteiger partial charge in [0.2, 0.25) is 5.75 Å². The highest BCUT2D eigenvalue weighted by Gasteiger charge is 2.42. The molecule has 0 amide bonds. The van der Waals surface area contributed by atoms with Gasteiger partial charge < -0.3 is 24.3 Å². The van der Waals surface area contributed by atoms with Crippen molar-refractivity contribution in [2.75, 3.05) is 27.9 Å². The maximum Gasteiger partial charge on any atom is 0.336 e. The van der Waals surface area contributed by atoms with Gasteiger partial charge >= 0.3 is 5.97 Å². The standard InChI is InChI=1S/C28H33NO6S/c1-15(2)14-35-28(31)24-16(3)29-19-10-17(23-8-7-9-36-23)11-20(30)26(19)25(24)18-12-21(32-4)27(34-6)22(13-18)33-5/h7-9,12-13,15,17,25,29H,10-11,14H2,1-6H3/t17-,25-/m0/s1. The Morgan fingerprint density at radius 1 is 1.11 bits per heavy atom. The van der Waals surface area contributed by atoms with E-state index in [0.717, 1.165) is 5.70 Å². The van der Waals surface area contributed by atoms with Crippen LogP contribution in [0.3, 0.4) is 0 Å². The number of dihydropyridines is 1. The minimum atomic E-state index is -0.619. The topological polar surface area (TPSA) is 83.1 Å². The number of methoxy groups -OCH3 is 3. The zero-order chi connectivity index (χ0) is 26.0. The number of esters is 1. The van der Waals surface area contributed by atoms with Crippen LogP contribution in [0.2, 0.25) is 0 Å². The van der Waals surface area contributed by atoms with E-state index in [1.54, 1.807) is 32.7 Å². The molecule has 0 saturated carbocycles. The van der Waals surface area contributed by atoms with Gasteiger partial charge in [-0.15, -0.1) is 11.3 Å². The van der Waals surface area contributed by atoms with Crippen LogP contribution in [-0.4, -0.2) is 39.7 Å². The highest BCUT2D eigenvalue weighted by molar-refractivity contribution is 7.10. The molecule has 8 heteroatoms. The van der Waals surface area contributed by atoms with Gasteiger partial charge in [-0.1, -0.05) is 19.9 Å². The molecule has 192 valence electrons. The first-order valence-corrected chi connectivity index (χ1v) is 12.9. The van der Waals surface area contributed by atoms with Crippen LogP contribution in [-0.2, 0) is 14.3 Å². The van der Waals surface area contributed by atoms with Crippen LogP contribution in [0, 0.1) is 5.92 Å². The fourth-order valence-corrected chi connectivity index (χ4v) is 5.79. The first-order valence-electron chi connectivity index (χ1n) is 12.0. The van der Waals surface area contributed by atoms with Crippen LogP contribution in [0.1, 0.15) is 55.9 Å². The largest absolute Gasteiger partial charge is 0.493 e. The molecule has 0 radical (unpaired) electrons. The van der Waals surface area contributed by atoms with Crippen LogP contribution in [0.15, 0.2) is 52.2 Å². The third kappa shape index (κ3) is 4.87. The predicted molar refractivity (Wildman–Crippen MR) is 139 cm³/mol. The third-order valence-electron chi connectivity index (χ3n) is 6.56. The molecule has 2 aliphatic rings. The van der Waals surface area contributed by atoms with E-state index in [1.165, 1.54) is 4.88 Å². The Kier molecular flexibility index (Phi) is 7.73. The Morgan fingerprint density at radius 2 is 1.81 bits per heavy atom. The van der Waals surface area contributed by atoms with E-state index in [-0.39, 0.29) is 24.2 Å². The molecule has 0 fully saturated rings. The van der Waals surface area contributed by atoms with E-state index in [0.29, 0.717) is 52.5 Å². The zero-order valence-corrected chi connectivity index (χ0v) is 22.4. The molecule has 1 aromatic carbocycles. The van der Waals surface area contributed by atoms with E-state index < -0.39 is 11.9 Å². The fraction of sp³-hybridized carbons (Fsp3) is 0.429. The Balaban J connectivity index is 1.86. The summed E-state index contributed by atoms with van der Waals surface area (Å²) < 4.78 is 22.3. The van der Waals surface area contributed by atoms with Gasteiger partial charge in [0.25, 0.3) is 0 Å². The molecule has 0 saturated heterocycles. The predicted octanol–water partition coefficient (Wildman–Crippen LogP) is 5.33. The van der Waals surface area contributed by atoms with Crippen molar-refractivity contribution < 1.29 is 28.5 Å². The molecule has 0 bridgehead atoms. The van der Waals surface area contributed by atoms with Crippen molar-refractivity contribution in [3.8, 4) is 17.2 Å². The van der Waals surface area contributed by atoms with Crippen molar-refractivity contribution in [3.05, 3.63) is 62.6 Å². The average Bonchev–Trinajstić information content (AvgIpc) is 3.40. The molecule has 7 nitrogen and oxygen atoms in total. The second-order valence-corrected chi connectivity index (χ2v) is 10.5. The first kappa shape index (κ1) is 25.8. The van der Waals surface area contributed by atoms with Gasteiger partial charge in [0.1, 0.15) is 0 Å². The number of nitrogens with one attached hydrogen (secondary N) is 1. The summed E-state index contributed by atoms with van der Waals surface area (Å²) in [4.78, 5) is 28.3. The molecular weight excluding hydrogens is 478 g/mol. The van der Waals surface area contributed by atoms with E-state index in [1.807, 2.05) is 44.4 Å². The van der Waals surface area contributed by atoms with Gasteiger partial charge in [0.05, 0.1) is 33.5 Å². The van der Waals surface area contributed by atoms with Crippen molar-refractivity contribution in [1.29, 1.82) is 0 Å². The molecule has 36 heavy (non-hydrogen) atoms. The van der Waals surface area contributed by atoms with Gasteiger partial charge in [-0.2, -0.15) is 0 Å². The molecular formula is C28H33NO6S. The van der Waals surface area contributed by atoms with Gasteiger partial charge in [-0.25, -0.2) is 4.79 Å². The van der Waals surface area contributed by atoms with E-state index in [4.69, 9.17) is 18.9 Å². The Hall–Kier alpha value is -3.26. The van der Waals surface area contributed by atoms with Crippen molar-refractivity contribution in [1.82, 2.24) is 5.32 Å². The van der Waals surface area contributed by atoms with Crippen LogP contribution in [0.4, 0.5) is 0 Å². The second kappa shape index (κ2) is 10.8. The van der Waals surface area contributed by atoms with Crippen molar-refractivity contribution in [2.45, 2.75) is 45.4 Å². The Bertz CT molecular complexity index is 1190. The second-order valence-electron chi connectivity index (χ2n) is 9.48. The zero-order valence-electron chi connectivity index (χ0n) is 21.6. The van der Waals surface area contributed by atoms with Gasteiger partial charge in [0, 0.05) is 40.1 Å². The highest BCUT2D eigenvalue weighted by atomic mass is 32.1. The van der Waals surface area contributed by atoms with E-state index in [9.17, 15) is 9.59 Å². The minimum absolute atomic E-state index is 0.0163. The van der Waals surface area contributed by atoms with E-state index in [2.05, 4.69) is 11.4 Å². The molecule has 1 aliphatic carbocycles. The summed E-state index contributed by atoms with van der Waals surface area (Å²) in [7, 11) is 4.63. The number of thiophene rings is 1. The summed E-state index contributed by atoms with van der Waals surface area (Å²) in [6, 6.07) is 7.70. The molecule has 0 unspecified atom stereocenters. The lowest BCUT2D eigenvalue weighted by Gasteiger charge is -2.36. The number of allylic oxidation sites excluding steroid dienone is 3. The number of ketones is 1. The molecule has 1 aromatic heterocycles. The quantitative estimate of drug-likeness (QED) is 0.479. The monoisotopic (exact) mass is 511 g/mol. The number of carbonyl (C=O) groups is 2. The maximum atomic E-state index is 13.7. The van der Waals surface area contributed by atoms with Crippen molar-refractivity contribution in [2.24, 2.45) is 5.92 Å². The van der Waals surface area contributed by atoms with Crippen LogP contribution in [0.25, 0.3) is 0 Å². The van der Waals surface area contributed by atoms with Crippen molar-refractivity contribution in [3.63, 3.8) is 0 Å². The number of rotatable bonds is 8. The SMILES string of the molecule is COc1cc([C@H]2C(C(=O)OCC(C)C)=C(C)NC3=C2C(=O)C[C@@H](c2cccs2)C3)cc(OC)c1OC. The molecule has 4 rings (SSSR count). The average molecular weight is 512 g/mol. The minimum Gasteiger partial charge on any atom is -0.493 e. The fourth-order valence-electron chi connectivity index (χ4n) is 4.96. The van der Waals surface area contributed by atoms with Crippen LogP contribution >= 0.6 is 11.3 Å². The Labute approximate surface area is 216 Å². The number of ether oxygens (including phenoxy) is 4. The molecule has 1 aliphatic heterocycles. The summed E-state index contributed by atoms with van der Waals surface area (Å²) in [6.45, 7) is 6.12. The number of Topliss-reactive ketones (excluding diaryl/α,β-unsaturated/α-hetero) is 1. The highest BCUT2D eigenvalue weighted by Crippen LogP contribution is 2.49. The summed E-state index contributed by atoms with van der Waals surface area (Å²) in [5.41, 5.74) is 3.25. The number of hydrogen-bond donors (Lipinski definition) is 1. The first-order chi connectivity index (χ1) is 17.3. The molecule has 2 aromatic rings. The smallest absolute Gasteiger partial charge is 0.336 e. The lowest BCUT2D eigenvalue weighted by atomic mass is 9.72. The number of hydrogen-bond acceptors (Lipinski definition) is 8. The molecule has 2 heterocycles. The molecule has 1 N–H and O–H groups in total. The summed E-state index contributed by atoms with van der Waals surface area (Å²) in [6.07, 6.45) is 1.07. The normalized spacial score (nSPS) is 19.7. The number of carbonyl (C=O) groups excluding carboxylic acids is 2. The summed E-state index contributed by atoms with van der Waals surface area (Å²) in [5, 5.41) is 5.43. The molecule has 0 spiro atoms. The third-order valence-corrected chi connectivity index (χ3v) is 7.60. The lowest BCUT2D eigenvalue weighted by Crippen LogP contribution is -2.36. The maximum absolute atomic E-state index is 13.7. The van der Waals surface area contributed by atoms with Gasteiger partial charge in [-0.05, 0) is 48.4 Å². The van der Waals surface area contributed by atoms with Crippen LogP contribution < -0.4 is 19.5 Å². The lowest BCUT2D eigenvalue weighted by molar-refractivity contribution is -0.140. The van der Waals surface area contributed by atoms with Crippen molar-refractivity contribution >= 4 is 23.1 Å². The van der Waals surface area contributed by atoms with Crippen LogP contribution in [0.5, 0.6) is 17.2 Å². The van der Waals surface area contributed by atoms with Gasteiger partial charge in [-0.3, -0.25) is 4.79 Å². The Morgan fingerprint density at radius 3 is 2.36 bits per heavy atom. The van der Waals surface area contributed by atoms with Gasteiger partial charge in [0.15, 0.2) is 17.3 Å². The molecule has 2 atom stereocenters. The summed E-state index contributed by atoms with van der Waals surface area (Å²) >= 11 is 1.66. The number of benzene rings is 1. The van der Waals surface area contributed by atoms with E-state index >= 15 is 0 Å².